The molecule has 1 aliphatic rings. The molecule has 2 rings (SSSR count). The SMILES string of the molecule is CC1(CN)CCN(S(=O)(=O)c2ccc(OCC(F)(F)F)nc2)C1.Cl. The Morgan fingerprint density at radius 2 is 2.08 bits per heavy atom. The molecule has 0 amide bonds. The molecule has 1 fully saturated rings. The van der Waals surface area contributed by atoms with E-state index in [9.17, 15) is 21.6 Å². The van der Waals surface area contributed by atoms with Crippen molar-refractivity contribution in [2.45, 2.75) is 24.4 Å². The molecule has 0 aromatic carbocycles. The van der Waals surface area contributed by atoms with Gasteiger partial charge in [-0.25, -0.2) is 13.4 Å². The minimum Gasteiger partial charge on any atom is -0.468 e. The molecule has 1 unspecified atom stereocenters. The highest BCUT2D eigenvalue weighted by molar-refractivity contribution is 7.89. The average molecular weight is 390 g/mol. The van der Waals surface area contributed by atoms with Crippen molar-refractivity contribution in [3.8, 4) is 5.88 Å². The lowest BCUT2D eigenvalue weighted by atomic mass is 9.90. The molecule has 0 radical (unpaired) electrons. The van der Waals surface area contributed by atoms with Crippen LogP contribution in [0.2, 0.25) is 0 Å². The van der Waals surface area contributed by atoms with Crippen LogP contribution in [0.15, 0.2) is 23.2 Å². The molecule has 138 valence electrons. The predicted octanol–water partition coefficient (Wildman–Crippen LogP) is 1.80. The Balaban J connectivity index is 0.00000288. The fourth-order valence-corrected chi connectivity index (χ4v) is 3.80. The largest absolute Gasteiger partial charge is 0.468 e. The first-order valence-corrected chi connectivity index (χ1v) is 8.36. The Labute approximate surface area is 144 Å². The standard InChI is InChI=1S/C13H18F3N3O3S.ClH/c1-12(7-17)4-5-19(8-12)23(20,21)10-2-3-11(18-6-10)22-9-13(14,15)16;/h2-3,6H,4-5,7-9,17H2,1H3;1H. The zero-order chi connectivity index (χ0) is 17.3. The van der Waals surface area contributed by atoms with Gasteiger partial charge in [0.05, 0.1) is 6.20 Å². The van der Waals surface area contributed by atoms with E-state index in [0.717, 1.165) is 12.3 Å². The summed E-state index contributed by atoms with van der Waals surface area (Å²) >= 11 is 0. The van der Waals surface area contributed by atoms with Crippen LogP contribution in [0.5, 0.6) is 5.88 Å². The van der Waals surface area contributed by atoms with Gasteiger partial charge in [-0.1, -0.05) is 6.92 Å². The highest BCUT2D eigenvalue weighted by Crippen LogP contribution is 2.32. The molecule has 1 aliphatic heterocycles. The molecule has 1 aromatic heterocycles. The second-order valence-corrected chi connectivity index (χ2v) is 7.78. The monoisotopic (exact) mass is 389 g/mol. The van der Waals surface area contributed by atoms with Crippen LogP contribution in [0.25, 0.3) is 0 Å². The van der Waals surface area contributed by atoms with Crippen LogP contribution in [0.1, 0.15) is 13.3 Å². The van der Waals surface area contributed by atoms with Crippen molar-refractivity contribution in [1.29, 1.82) is 0 Å². The lowest BCUT2D eigenvalue weighted by Gasteiger charge is -2.22. The van der Waals surface area contributed by atoms with Crippen molar-refractivity contribution < 1.29 is 26.3 Å². The van der Waals surface area contributed by atoms with Gasteiger partial charge in [-0.3, -0.25) is 0 Å². The smallest absolute Gasteiger partial charge is 0.422 e. The Bertz CT molecular complexity index is 655. The number of nitrogens with zero attached hydrogens (tertiary/aromatic N) is 2. The number of ether oxygens (including phenoxy) is 1. The highest BCUT2D eigenvalue weighted by Gasteiger charge is 2.39. The van der Waals surface area contributed by atoms with Crippen LogP contribution in [0.4, 0.5) is 13.2 Å². The van der Waals surface area contributed by atoms with E-state index < -0.39 is 22.8 Å². The summed E-state index contributed by atoms with van der Waals surface area (Å²) in [6.45, 7) is 1.46. The van der Waals surface area contributed by atoms with E-state index in [0.29, 0.717) is 26.1 Å². The van der Waals surface area contributed by atoms with Crippen LogP contribution >= 0.6 is 12.4 Å². The normalized spacial score (nSPS) is 22.2. The maximum absolute atomic E-state index is 12.5. The van der Waals surface area contributed by atoms with Gasteiger partial charge in [0.25, 0.3) is 0 Å². The van der Waals surface area contributed by atoms with Gasteiger partial charge < -0.3 is 10.5 Å². The number of hydrogen-bond acceptors (Lipinski definition) is 5. The molecule has 0 saturated carbocycles. The molecule has 1 atom stereocenters. The molecule has 11 heteroatoms. The number of pyridine rings is 1. The molecule has 0 aliphatic carbocycles. The van der Waals surface area contributed by atoms with Crippen molar-refractivity contribution in [1.82, 2.24) is 9.29 Å². The van der Waals surface area contributed by atoms with Gasteiger partial charge in [-0.05, 0) is 24.4 Å². The van der Waals surface area contributed by atoms with Gasteiger partial charge in [-0.15, -0.1) is 12.4 Å². The molecule has 1 aromatic rings. The van der Waals surface area contributed by atoms with Crippen molar-refractivity contribution in [2.75, 3.05) is 26.2 Å². The number of alkyl halides is 3. The van der Waals surface area contributed by atoms with Gasteiger partial charge in [-0.2, -0.15) is 17.5 Å². The maximum Gasteiger partial charge on any atom is 0.422 e. The van der Waals surface area contributed by atoms with E-state index >= 15 is 0 Å². The first kappa shape index (κ1) is 20.9. The quantitative estimate of drug-likeness (QED) is 0.830. The van der Waals surface area contributed by atoms with Crippen molar-refractivity contribution in [3.05, 3.63) is 18.3 Å². The van der Waals surface area contributed by atoms with Crippen LogP contribution in [0, 0.1) is 5.41 Å². The summed E-state index contributed by atoms with van der Waals surface area (Å²) in [5.41, 5.74) is 5.39. The van der Waals surface area contributed by atoms with Gasteiger partial charge in [0.1, 0.15) is 4.90 Å². The van der Waals surface area contributed by atoms with Crippen LogP contribution in [-0.4, -0.2) is 50.1 Å². The van der Waals surface area contributed by atoms with Crippen molar-refractivity contribution >= 4 is 22.4 Å². The Hall–Kier alpha value is -1.10. The first-order valence-electron chi connectivity index (χ1n) is 6.92. The Morgan fingerprint density at radius 3 is 2.54 bits per heavy atom. The number of hydrogen-bond donors (Lipinski definition) is 1. The number of halogens is 4. The fraction of sp³-hybridized carbons (Fsp3) is 0.615. The number of aromatic nitrogens is 1. The molecule has 0 bridgehead atoms. The van der Waals surface area contributed by atoms with Gasteiger partial charge in [0.15, 0.2) is 6.61 Å². The van der Waals surface area contributed by atoms with E-state index in [1.54, 1.807) is 0 Å². The van der Waals surface area contributed by atoms with E-state index in [4.69, 9.17) is 5.73 Å². The third-order valence-electron chi connectivity index (χ3n) is 3.75. The fourth-order valence-electron chi connectivity index (χ4n) is 2.26. The third kappa shape index (κ3) is 4.95. The summed E-state index contributed by atoms with van der Waals surface area (Å²) in [5.74, 6) is -0.283. The van der Waals surface area contributed by atoms with Gasteiger partial charge in [0.2, 0.25) is 15.9 Å². The second-order valence-electron chi connectivity index (χ2n) is 5.84. The third-order valence-corrected chi connectivity index (χ3v) is 5.58. The van der Waals surface area contributed by atoms with Gasteiger partial charge >= 0.3 is 6.18 Å². The lowest BCUT2D eigenvalue weighted by molar-refractivity contribution is -0.154. The van der Waals surface area contributed by atoms with Crippen LogP contribution < -0.4 is 10.5 Å². The minimum atomic E-state index is -4.48. The number of nitrogens with two attached hydrogens (primary N) is 1. The van der Waals surface area contributed by atoms with E-state index in [1.165, 1.54) is 10.4 Å². The summed E-state index contributed by atoms with van der Waals surface area (Å²) in [5, 5.41) is 0. The summed E-state index contributed by atoms with van der Waals surface area (Å²) in [6.07, 6.45) is -2.82. The van der Waals surface area contributed by atoms with E-state index in [2.05, 4.69) is 9.72 Å². The minimum absolute atomic E-state index is 0. The molecule has 2 heterocycles. The summed E-state index contributed by atoms with van der Waals surface area (Å²) in [7, 11) is -3.74. The summed E-state index contributed by atoms with van der Waals surface area (Å²) in [4.78, 5) is 3.54. The summed E-state index contributed by atoms with van der Waals surface area (Å²) in [6, 6.07) is 2.29. The second kappa shape index (κ2) is 7.42. The summed E-state index contributed by atoms with van der Waals surface area (Å²) < 4.78 is 66.9. The Morgan fingerprint density at radius 1 is 1.42 bits per heavy atom. The molecular formula is C13H19ClF3N3O3S. The number of rotatable bonds is 5. The molecule has 0 spiro atoms. The lowest BCUT2D eigenvalue weighted by Crippen LogP contribution is -2.34. The zero-order valence-corrected chi connectivity index (χ0v) is 14.5. The first-order chi connectivity index (χ1) is 10.6. The number of sulfonamides is 1. The van der Waals surface area contributed by atoms with Crippen molar-refractivity contribution in [2.24, 2.45) is 11.1 Å². The molecule has 1 saturated heterocycles. The zero-order valence-electron chi connectivity index (χ0n) is 12.9. The topological polar surface area (TPSA) is 85.5 Å². The van der Waals surface area contributed by atoms with Crippen molar-refractivity contribution in [3.63, 3.8) is 0 Å². The highest BCUT2D eigenvalue weighted by atomic mass is 35.5. The molecule has 2 N–H and O–H groups in total. The van der Waals surface area contributed by atoms with Gasteiger partial charge in [0, 0.05) is 19.2 Å². The van der Waals surface area contributed by atoms with Crippen LogP contribution in [-0.2, 0) is 10.0 Å². The van der Waals surface area contributed by atoms with E-state index in [-0.39, 0.29) is 28.6 Å². The predicted molar refractivity (Wildman–Crippen MR) is 83.6 cm³/mol. The van der Waals surface area contributed by atoms with E-state index in [1.807, 2.05) is 6.92 Å². The Kier molecular flexibility index (Phi) is 6.48. The molecular weight excluding hydrogens is 371 g/mol. The average Bonchev–Trinajstić information content (AvgIpc) is 2.89. The maximum atomic E-state index is 12.5. The molecule has 24 heavy (non-hydrogen) atoms. The molecule has 6 nitrogen and oxygen atoms in total. The van der Waals surface area contributed by atoms with Crippen LogP contribution in [0.3, 0.4) is 0 Å².